The number of benzene rings is 1. The minimum atomic E-state index is -0.671. The quantitative estimate of drug-likeness (QED) is 0.721. The Hall–Kier alpha value is -1.82. The Morgan fingerprint density at radius 3 is 2.84 bits per heavy atom. The van der Waals surface area contributed by atoms with Crippen molar-refractivity contribution in [1.82, 2.24) is 0 Å². The average Bonchev–Trinajstić information content (AvgIpc) is 2.79. The van der Waals surface area contributed by atoms with Crippen LogP contribution in [0.5, 0.6) is 0 Å². The van der Waals surface area contributed by atoms with Crippen molar-refractivity contribution >= 4 is 17.3 Å². The van der Waals surface area contributed by atoms with E-state index in [0.29, 0.717) is 0 Å². The van der Waals surface area contributed by atoms with E-state index in [0.717, 1.165) is 25.3 Å². The third-order valence-electron chi connectivity index (χ3n) is 3.50. The lowest BCUT2D eigenvalue weighted by molar-refractivity contribution is 0.100. The molecule has 0 heterocycles. The fourth-order valence-corrected chi connectivity index (χ4v) is 2.49. The van der Waals surface area contributed by atoms with Crippen LogP contribution in [0, 0.1) is 5.82 Å². The summed E-state index contributed by atoms with van der Waals surface area (Å²) in [5.74, 6) is -1.17. The fraction of sp³-hybridized carbons (Fsp3) is 0.462. The van der Waals surface area contributed by atoms with Crippen molar-refractivity contribution in [3.05, 3.63) is 23.5 Å². The van der Waals surface area contributed by atoms with Crippen molar-refractivity contribution in [2.24, 2.45) is 5.73 Å². The van der Waals surface area contributed by atoms with E-state index in [1.54, 1.807) is 7.11 Å². The van der Waals surface area contributed by atoms with Crippen LogP contribution in [0.15, 0.2) is 12.1 Å². The Kier molecular flexibility index (Phi) is 3.90. The molecule has 104 valence electrons. The zero-order valence-electron chi connectivity index (χ0n) is 10.8. The number of hydrogen-bond acceptors (Lipinski definition) is 4. The lowest BCUT2D eigenvalue weighted by Gasteiger charge is -2.21. The van der Waals surface area contributed by atoms with Gasteiger partial charge in [-0.05, 0) is 31.4 Å². The maximum atomic E-state index is 13.8. The first-order valence-electron chi connectivity index (χ1n) is 6.21. The topological polar surface area (TPSA) is 90.4 Å². The van der Waals surface area contributed by atoms with Gasteiger partial charge in [-0.25, -0.2) is 4.39 Å². The minimum absolute atomic E-state index is 0.0313. The summed E-state index contributed by atoms with van der Waals surface area (Å²) in [5, 5.41) is 3.07. The van der Waals surface area contributed by atoms with Gasteiger partial charge in [-0.3, -0.25) is 4.79 Å². The van der Waals surface area contributed by atoms with Crippen molar-refractivity contribution in [2.75, 3.05) is 18.2 Å². The standard InChI is InChI=1S/C13H18FN3O2/c1-19-12-4-2-3-10(12)17-11-5-7(13(16)18)9(15)6-8(11)14/h5-6,10,12,17H,2-4,15H2,1H3,(H2,16,18). The largest absolute Gasteiger partial charge is 0.398 e. The van der Waals surface area contributed by atoms with Crippen molar-refractivity contribution in [2.45, 2.75) is 31.4 Å². The number of hydrogen-bond donors (Lipinski definition) is 3. The Morgan fingerprint density at radius 2 is 2.21 bits per heavy atom. The number of nitrogens with one attached hydrogen (secondary N) is 1. The summed E-state index contributed by atoms with van der Waals surface area (Å²) in [6, 6.07) is 2.50. The Bertz CT molecular complexity index is 493. The molecule has 0 aromatic heterocycles. The number of primary amides is 1. The number of methoxy groups -OCH3 is 1. The van der Waals surface area contributed by atoms with Gasteiger partial charge in [-0.1, -0.05) is 0 Å². The van der Waals surface area contributed by atoms with E-state index in [9.17, 15) is 9.18 Å². The SMILES string of the molecule is COC1CCCC1Nc1cc(C(N)=O)c(N)cc1F. The van der Waals surface area contributed by atoms with E-state index < -0.39 is 11.7 Å². The molecule has 1 aliphatic rings. The number of carbonyl (C=O) groups excluding carboxylic acids is 1. The molecule has 1 amide bonds. The zero-order chi connectivity index (χ0) is 14.0. The number of nitrogens with two attached hydrogens (primary N) is 2. The van der Waals surface area contributed by atoms with E-state index in [4.69, 9.17) is 16.2 Å². The van der Waals surface area contributed by atoms with Crippen molar-refractivity contribution in [3.63, 3.8) is 0 Å². The average molecular weight is 267 g/mol. The van der Waals surface area contributed by atoms with Crippen LogP contribution in [0.25, 0.3) is 0 Å². The highest BCUT2D eigenvalue weighted by molar-refractivity contribution is 5.99. The molecule has 2 unspecified atom stereocenters. The van der Waals surface area contributed by atoms with Crippen LogP contribution < -0.4 is 16.8 Å². The van der Waals surface area contributed by atoms with Gasteiger partial charge in [0.2, 0.25) is 0 Å². The van der Waals surface area contributed by atoms with Gasteiger partial charge in [0.05, 0.1) is 23.4 Å². The van der Waals surface area contributed by atoms with Gasteiger partial charge in [-0.2, -0.15) is 0 Å². The maximum absolute atomic E-state index is 13.8. The Balaban J connectivity index is 2.24. The Morgan fingerprint density at radius 1 is 1.47 bits per heavy atom. The van der Waals surface area contributed by atoms with Crippen molar-refractivity contribution in [1.29, 1.82) is 0 Å². The summed E-state index contributed by atoms with van der Waals surface area (Å²) in [4.78, 5) is 11.2. The van der Waals surface area contributed by atoms with Crippen molar-refractivity contribution in [3.8, 4) is 0 Å². The molecule has 0 spiro atoms. The molecule has 1 fully saturated rings. The third kappa shape index (κ3) is 2.78. The number of rotatable bonds is 4. The molecule has 1 aliphatic carbocycles. The van der Waals surface area contributed by atoms with Crippen LogP contribution in [0.2, 0.25) is 0 Å². The van der Waals surface area contributed by atoms with Crippen molar-refractivity contribution < 1.29 is 13.9 Å². The summed E-state index contributed by atoms with van der Waals surface area (Å²) in [6.45, 7) is 0. The first-order valence-corrected chi connectivity index (χ1v) is 6.21. The van der Waals surface area contributed by atoms with Crippen LogP contribution in [-0.2, 0) is 4.74 Å². The maximum Gasteiger partial charge on any atom is 0.250 e. The second kappa shape index (κ2) is 5.44. The lowest BCUT2D eigenvalue weighted by Crippen LogP contribution is -2.30. The number of ether oxygens (including phenoxy) is 1. The molecule has 2 rings (SSSR count). The molecule has 19 heavy (non-hydrogen) atoms. The molecule has 2 atom stereocenters. The molecule has 0 radical (unpaired) electrons. The van der Waals surface area contributed by atoms with Crippen LogP contribution in [0.1, 0.15) is 29.6 Å². The number of amides is 1. The molecular weight excluding hydrogens is 249 g/mol. The molecular formula is C13H18FN3O2. The van der Waals surface area contributed by atoms with E-state index in [1.807, 2.05) is 0 Å². The molecule has 1 aromatic rings. The van der Waals surface area contributed by atoms with E-state index in [2.05, 4.69) is 5.32 Å². The second-order valence-corrected chi connectivity index (χ2v) is 4.74. The zero-order valence-corrected chi connectivity index (χ0v) is 10.8. The molecule has 5 N–H and O–H groups in total. The first kappa shape index (κ1) is 13.6. The molecule has 0 aliphatic heterocycles. The van der Waals surface area contributed by atoms with E-state index in [1.165, 1.54) is 6.07 Å². The van der Waals surface area contributed by atoms with Gasteiger partial charge in [-0.15, -0.1) is 0 Å². The molecule has 6 heteroatoms. The summed E-state index contributed by atoms with van der Waals surface area (Å²) in [7, 11) is 1.64. The highest BCUT2D eigenvalue weighted by atomic mass is 19.1. The predicted molar refractivity (Wildman–Crippen MR) is 71.4 cm³/mol. The molecule has 1 aromatic carbocycles. The van der Waals surface area contributed by atoms with Gasteiger partial charge in [0.15, 0.2) is 0 Å². The van der Waals surface area contributed by atoms with E-state index in [-0.39, 0.29) is 29.1 Å². The Labute approximate surface area is 111 Å². The van der Waals surface area contributed by atoms with Gasteiger partial charge in [0.1, 0.15) is 5.82 Å². The lowest BCUT2D eigenvalue weighted by atomic mass is 10.1. The van der Waals surface area contributed by atoms with Crippen LogP contribution >= 0.6 is 0 Å². The van der Waals surface area contributed by atoms with Gasteiger partial charge in [0.25, 0.3) is 5.91 Å². The summed E-state index contributed by atoms with van der Waals surface area (Å²) < 4.78 is 19.2. The number of halogens is 1. The highest BCUT2D eigenvalue weighted by Crippen LogP contribution is 2.28. The second-order valence-electron chi connectivity index (χ2n) is 4.74. The summed E-state index contributed by atoms with van der Waals surface area (Å²) in [6.07, 6.45) is 2.91. The molecule has 1 saturated carbocycles. The van der Waals surface area contributed by atoms with E-state index >= 15 is 0 Å². The highest BCUT2D eigenvalue weighted by Gasteiger charge is 2.28. The van der Waals surface area contributed by atoms with Gasteiger partial charge >= 0.3 is 0 Å². The predicted octanol–water partition coefficient (Wildman–Crippen LogP) is 1.49. The normalized spacial score (nSPS) is 22.4. The number of carbonyl (C=O) groups is 1. The third-order valence-corrected chi connectivity index (χ3v) is 3.50. The fourth-order valence-electron chi connectivity index (χ4n) is 2.49. The number of anilines is 2. The monoisotopic (exact) mass is 267 g/mol. The van der Waals surface area contributed by atoms with Crippen LogP contribution in [0.3, 0.4) is 0 Å². The first-order chi connectivity index (χ1) is 9.02. The summed E-state index contributed by atoms with van der Waals surface area (Å²) >= 11 is 0. The molecule has 0 saturated heterocycles. The summed E-state index contributed by atoms with van der Waals surface area (Å²) in [5.41, 5.74) is 11.2. The molecule has 0 bridgehead atoms. The van der Waals surface area contributed by atoms with Gasteiger partial charge < -0.3 is 21.5 Å². The van der Waals surface area contributed by atoms with Crippen LogP contribution in [-0.4, -0.2) is 25.2 Å². The van der Waals surface area contributed by atoms with Gasteiger partial charge in [0, 0.05) is 12.8 Å². The molecule has 5 nitrogen and oxygen atoms in total. The number of nitrogen functional groups attached to an aromatic ring is 1. The smallest absolute Gasteiger partial charge is 0.250 e. The van der Waals surface area contributed by atoms with Crippen LogP contribution in [0.4, 0.5) is 15.8 Å². The minimum Gasteiger partial charge on any atom is -0.398 e.